The van der Waals surface area contributed by atoms with E-state index in [0.29, 0.717) is 5.92 Å². The van der Waals surface area contributed by atoms with Gasteiger partial charge in [0.2, 0.25) is 5.91 Å². The molecule has 2 unspecified atom stereocenters. The van der Waals surface area contributed by atoms with Gasteiger partial charge in [0.05, 0.1) is 6.04 Å². The predicted molar refractivity (Wildman–Crippen MR) is 82.7 cm³/mol. The molecular formula is C15H26N2OS. The molecule has 19 heavy (non-hydrogen) atoms. The van der Waals surface area contributed by atoms with Crippen LogP contribution in [-0.4, -0.2) is 19.0 Å². The molecule has 1 aromatic heterocycles. The van der Waals surface area contributed by atoms with Crippen molar-refractivity contribution in [2.75, 3.05) is 7.05 Å². The zero-order valence-corrected chi connectivity index (χ0v) is 13.6. The first-order chi connectivity index (χ1) is 8.85. The fraction of sp³-hybridized carbons (Fsp3) is 0.667. The molecule has 1 amide bonds. The maximum atomic E-state index is 11.9. The summed E-state index contributed by atoms with van der Waals surface area (Å²) in [5.41, 5.74) is 1.31. The van der Waals surface area contributed by atoms with Crippen molar-refractivity contribution < 1.29 is 4.79 Å². The average Bonchev–Trinajstić information content (AvgIpc) is 2.66. The van der Waals surface area contributed by atoms with Crippen molar-refractivity contribution in [1.82, 2.24) is 10.6 Å². The van der Waals surface area contributed by atoms with Crippen LogP contribution in [0.4, 0.5) is 0 Å². The van der Waals surface area contributed by atoms with Gasteiger partial charge in [0.1, 0.15) is 0 Å². The molecule has 108 valence electrons. The fourth-order valence-electron chi connectivity index (χ4n) is 2.37. The Morgan fingerprint density at radius 3 is 2.37 bits per heavy atom. The van der Waals surface area contributed by atoms with Gasteiger partial charge in [0, 0.05) is 22.8 Å². The minimum absolute atomic E-state index is 0.0742. The van der Waals surface area contributed by atoms with Gasteiger partial charge in [-0.1, -0.05) is 13.8 Å². The van der Waals surface area contributed by atoms with Gasteiger partial charge >= 0.3 is 0 Å². The summed E-state index contributed by atoms with van der Waals surface area (Å²) in [6.07, 6.45) is 0.853. The third kappa shape index (κ3) is 4.62. The van der Waals surface area contributed by atoms with Gasteiger partial charge in [-0.15, -0.1) is 11.3 Å². The van der Waals surface area contributed by atoms with Gasteiger partial charge < -0.3 is 5.32 Å². The second-order valence-corrected chi connectivity index (χ2v) is 7.01. The molecular weight excluding hydrogens is 256 g/mol. The smallest absolute Gasteiger partial charge is 0.236 e. The molecule has 0 spiro atoms. The SMILES string of the molecule is CNC(=O)C(CC(C)C)NC(C)c1cc(C)sc1C. The zero-order chi connectivity index (χ0) is 14.6. The van der Waals surface area contributed by atoms with E-state index in [1.54, 1.807) is 7.05 Å². The first-order valence-corrected chi connectivity index (χ1v) is 7.71. The topological polar surface area (TPSA) is 41.1 Å². The van der Waals surface area contributed by atoms with Crippen LogP contribution in [0.25, 0.3) is 0 Å². The van der Waals surface area contributed by atoms with Crippen LogP contribution in [0.3, 0.4) is 0 Å². The first kappa shape index (κ1) is 16.2. The molecule has 3 nitrogen and oxygen atoms in total. The van der Waals surface area contributed by atoms with Gasteiger partial charge in [-0.05, 0) is 44.7 Å². The van der Waals surface area contributed by atoms with Gasteiger partial charge in [-0.2, -0.15) is 0 Å². The molecule has 2 N–H and O–H groups in total. The lowest BCUT2D eigenvalue weighted by atomic mass is 10.0. The summed E-state index contributed by atoms with van der Waals surface area (Å²) in [4.78, 5) is 14.6. The molecule has 1 aromatic rings. The minimum atomic E-state index is -0.125. The van der Waals surface area contributed by atoms with E-state index in [0.717, 1.165) is 6.42 Å². The molecule has 0 bridgehead atoms. The fourth-order valence-corrected chi connectivity index (χ4v) is 3.39. The molecule has 4 heteroatoms. The highest BCUT2D eigenvalue weighted by Gasteiger charge is 2.22. The van der Waals surface area contributed by atoms with E-state index in [9.17, 15) is 4.79 Å². The quantitative estimate of drug-likeness (QED) is 0.841. The van der Waals surface area contributed by atoms with Crippen molar-refractivity contribution in [2.45, 2.75) is 53.1 Å². The Balaban J connectivity index is 2.78. The second-order valence-electron chi connectivity index (χ2n) is 5.55. The number of amides is 1. The van der Waals surface area contributed by atoms with Crippen molar-refractivity contribution >= 4 is 17.2 Å². The Kier molecular flexibility index (Phi) is 6.01. The lowest BCUT2D eigenvalue weighted by Crippen LogP contribution is -2.44. The number of aryl methyl sites for hydroxylation is 2. The van der Waals surface area contributed by atoms with E-state index in [1.807, 2.05) is 11.3 Å². The molecule has 0 saturated heterocycles. The molecule has 1 rings (SSSR count). The third-order valence-corrected chi connectivity index (χ3v) is 4.25. The molecule has 0 aliphatic heterocycles. The van der Waals surface area contributed by atoms with Crippen molar-refractivity contribution in [3.05, 3.63) is 21.4 Å². The van der Waals surface area contributed by atoms with E-state index in [2.05, 4.69) is 51.3 Å². The third-order valence-electron chi connectivity index (χ3n) is 3.27. The van der Waals surface area contributed by atoms with E-state index in [4.69, 9.17) is 0 Å². The number of hydrogen-bond acceptors (Lipinski definition) is 3. The van der Waals surface area contributed by atoms with Gasteiger partial charge in [-0.3, -0.25) is 10.1 Å². The summed E-state index contributed by atoms with van der Waals surface area (Å²) in [6, 6.07) is 2.29. The predicted octanol–water partition coefficient (Wildman–Crippen LogP) is 3.18. The zero-order valence-electron chi connectivity index (χ0n) is 12.8. The van der Waals surface area contributed by atoms with E-state index in [-0.39, 0.29) is 18.0 Å². The summed E-state index contributed by atoms with van der Waals surface area (Å²) >= 11 is 1.81. The van der Waals surface area contributed by atoms with Crippen LogP contribution in [0.15, 0.2) is 6.07 Å². The van der Waals surface area contributed by atoms with Crippen LogP contribution >= 0.6 is 11.3 Å². The Morgan fingerprint density at radius 2 is 1.95 bits per heavy atom. The molecule has 2 atom stereocenters. The van der Waals surface area contributed by atoms with Crippen LogP contribution in [0.2, 0.25) is 0 Å². The highest BCUT2D eigenvalue weighted by atomic mass is 32.1. The lowest BCUT2D eigenvalue weighted by Gasteiger charge is -2.23. The summed E-state index contributed by atoms with van der Waals surface area (Å²) < 4.78 is 0. The monoisotopic (exact) mass is 282 g/mol. The van der Waals surface area contributed by atoms with E-state index in [1.165, 1.54) is 15.3 Å². The first-order valence-electron chi connectivity index (χ1n) is 6.89. The second kappa shape index (κ2) is 7.06. The molecule has 0 radical (unpaired) electrons. The number of nitrogens with one attached hydrogen (secondary N) is 2. The van der Waals surface area contributed by atoms with Crippen LogP contribution in [0, 0.1) is 19.8 Å². The largest absolute Gasteiger partial charge is 0.358 e. The molecule has 0 fully saturated rings. The summed E-state index contributed by atoms with van der Waals surface area (Å²) in [5, 5.41) is 6.21. The maximum Gasteiger partial charge on any atom is 0.236 e. The van der Waals surface area contributed by atoms with Crippen molar-refractivity contribution in [1.29, 1.82) is 0 Å². The lowest BCUT2D eigenvalue weighted by molar-refractivity contribution is -0.123. The normalized spacial score (nSPS) is 14.5. The highest BCUT2D eigenvalue weighted by Crippen LogP contribution is 2.26. The molecule has 0 aromatic carbocycles. The van der Waals surface area contributed by atoms with Crippen LogP contribution in [-0.2, 0) is 4.79 Å². The maximum absolute atomic E-state index is 11.9. The van der Waals surface area contributed by atoms with Gasteiger partial charge in [-0.25, -0.2) is 0 Å². The van der Waals surface area contributed by atoms with Crippen LogP contribution in [0.1, 0.15) is 48.6 Å². The molecule has 0 aliphatic carbocycles. The van der Waals surface area contributed by atoms with E-state index >= 15 is 0 Å². The number of carbonyl (C=O) groups is 1. The number of hydrogen-bond donors (Lipinski definition) is 2. The van der Waals surface area contributed by atoms with Crippen molar-refractivity contribution in [3.8, 4) is 0 Å². The van der Waals surface area contributed by atoms with Crippen molar-refractivity contribution in [2.24, 2.45) is 5.92 Å². The number of thiophene rings is 1. The minimum Gasteiger partial charge on any atom is -0.358 e. The van der Waals surface area contributed by atoms with Gasteiger partial charge in [0.25, 0.3) is 0 Å². The van der Waals surface area contributed by atoms with Crippen LogP contribution in [0.5, 0.6) is 0 Å². The standard InChI is InChI=1S/C15H26N2OS/c1-9(2)7-14(15(18)16-6)17-11(4)13-8-10(3)19-12(13)5/h8-9,11,14,17H,7H2,1-6H3,(H,16,18). The highest BCUT2D eigenvalue weighted by molar-refractivity contribution is 7.12. The Morgan fingerprint density at radius 1 is 1.32 bits per heavy atom. The Hall–Kier alpha value is -0.870. The number of likely N-dealkylation sites (N-methyl/N-ethyl adjacent to an activating group) is 1. The molecule has 1 heterocycles. The summed E-state index contributed by atoms with van der Waals surface area (Å²) in [6.45, 7) is 10.7. The molecule has 0 saturated carbocycles. The van der Waals surface area contributed by atoms with E-state index < -0.39 is 0 Å². The number of carbonyl (C=O) groups excluding carboxylic acids is 1. The van der Waals surface area contributed by atoms with Gasteiger partial charge in [0.15, 0.2) is 0 Å². The molecule has 0 aliphatic rings. The Bertz CT molecular complexity index is 426. The Labute approximate surface area is 120 Å². The average molecular weight is 282 g/mol. The summed E-state index contributed by atoms with van der Waals surface area (Å²) in [7, 11) is 1.70. The summed E-state index contributed by atoms with van der Waals surface area (Å²) in [5.74, 6) is 0.567. The van der Waals surface area contributed by atoms with Crippen molar-refractivity contribution in [3.63, 3.8) is 0 Å². The number of rotatable bonds is 6. The van der Waals surface area contributed by atoms with Crippen LogP contribution < -0.4 is 10.6 Å².